The molecule has 0 atom stereocenters. The highest BCUT2D eigenvalue weighted by Gasteiger charge is 2.18. The molecule has 1 amide bonds. The predicted molar refractivity (Wildman–Crippen MR) is 93.8 cm³/mol. The normalized spacial score (nSPS) is 14.8. The summed E-state index contributed by atoms with van der Waals surface area (Å²) >= 11 is 0. The van der Waals surface area contributed by atoms with E-state index >= 15 is 0 Å². The number of methoxy groups -OCH3 is 1. The Morgan fingerprint density at radius 1 is 1.12 bits per heavy atom. The first kappa shape index (κ1) is 16.1. The summed E-state index contributed by atoms with van der Waals surface area (Å²) in [5.74, 6) is 0. The van der Waals surface area contributed by atoms with Gasteiger partial charge in [0.15, 0.2) is 0 Å². The van der Waals surface area contributed by atoms with E-state index in [2.05, 4.69) is 11.4 Å². The summed E-state index contributed by atoms with van der Waals surface area (Å²) in [6, 6.07) is 15.6. The number of anilines is 1. The number of carbonyl (C=O) groups excluding carboxylic acids is 1. The van der Waals surface area contributed by atoms with Gasteiger partial charge in [0.05, 0.1) is 13.4 Å². The lowest BCUT2D eigenvalue weighted by molar-refractivity contribution is 0.155. The molecule has 4 nitrogen and oxygen atoms in total. The number of carbonyl (C=O) groups is 1. The number of aryl methyl sites for hydroxylation is 1. The van der Waals surface area contributed by atoms with Gasteiger partial charge >= 0.3 is 6.09 Å². The second-order valence-corrected chi connectivity index (χ2v) is 5.82. The summed E-state index contributed by atoms with van der Waals surface area (Å²) in [5.41, 5.74) is 5.42. The Labute approximate surface area is 142 Å². The van der Waals surface area contributed by atoms with E-state index in [1.165, 1.54) is 11.1 Å². The van der Waals surface area contributed by atoms with Crippen molar-refractivity contribution >= 4 is 11.8 Å². The molecule has 2 aromatic carbocycles. The van der Waals surface area contributed by atoms with Crippen molar-refractivity contribution in [3.8, 4) is 0 Å². The summed E-state index contributed by atoms with van der Waals surface area (Å²) in [4.78, 5) is 12.1. The Bertz CT molecular complexity index is 738. The molecular formula is C20H21NO3. The lowest BCUT2D eigenvalue weighted by Gasteiger charge is -2.21. The molecule has 0 saturated heterocycles. The number of fused-ring (bicyclic) bond motifs is 1. The van der Waals surface area contributed by atoms with Crippen molar-refractivity contribution in [3.05, 3.63) is 77.1 Å². The van der Waals surface area contributed by atoms with Gasteiger partial charge in [0, 0.05) is 5.69 Å². The molecular weight excluding hydrogens is 302 g/mol. The minimum Gasteiger partial charge on any atom is -0.504 e. The van der Waals surface area contributed by atoms with Crippen LogP contribution in [0, 0.1) is 0 Å². The van der Waals surface area contributed by atoms with Gasteiger partial charge in [-0.15, -0.1) is 0 Å². The third-order valence-corrected chi connectivity index (χ3v) is 4.13. The molecule has 0 aliphatic heterocycles. The maximum atomic E-state index is 12.1. The highest BCUT2D eigenvalue weighted by Crippen LogP contribution is 2.30. The monoisotopic (exact) mass is 323 g/mol. The van der Waals surface area contributed by atoms with Crippen molar-refractivity contribution in [1.82, 2.24) is 0 Å². The molecule has 0 unspecified atom stereocenters. The third kappa shape index (κ3) is 3.96. The number of nitrogens with one attached hydrogen (secondary N) is 1. The Morgan fingerprint density at radius 2 is 1.96 bits per heavy atom. The number of ether oxygens (including phenoxy) is 2. The molecule has 0 bridgehead atoms. The summed E-state index contributed by atoms with van der Waals surface area (Å²) < 4.78 is 10.4. The maximum Gasteiger partial charge on any atom is 0.411 e. The molecule has 1 aliphatic carbocycles. The molecule has 0 fully saturated rings. The van der Waals surface area contributed by atoms with Gasteiger partial charge in [-0.2, -0.15) is 0 Å². The van der Waals surface area contributed by atoms with Crippen molar-refractivity contribution in [2.45, 2.75) is 25.9 Å². The van der Waals surface area contributed by atoms with E-state index in [4.69, 9.17) is 9.47 Å². The number of benzene rings is 2. The van der Waals surface area contributed by atoms with Crippen LogP contribution in [0.2, 0.25) is 0 Å². The molecule has 1 aliphatic rings. The standard InChI is InChI=1S/C20H21NO3/c1-23-13-16-10-11-17-8-5-9-19(18(17)12-16)21-20(22)24-14-15-6-3-2-4-7-15/h2-9,13H,10-12,14H2,1H3,(H,21,22). The van der Waals surface area contributed by atoms with Crippen LogP contribution in [0.4, 0.5) is 10.5 Å². The van der Waals surface area contributed by atoms with E-state index in [1.54, 1.807) is 13.4 Å². The van der Waals surface area contributed by atoms with E-state index in [0.717, 1.165) is 36.1 Å². The smallest absolute Gasteiger partial charge is 0.411 e. The van der Waals surface area contributed by atoms with Crippen molar-refractivity contribution < 1.29 is 14.3 Å². The van der Waals surface area contributed by atoms with Crippen LogP contribution in [0.5, 0.6) is 0 Å². The second kappa shape index (κ2) is 7.68. The van der Waals surface area contributed by atoms with Crippen molar-refractivity contribution in [2.75, 3.05) is 12.4 Å². The Hall–Kier alpha value is -2.75. The first-order valence-corrected chi connectivity index (χ1v) is 8.05. The van der Waals surface area contributed by atoms with E-state index in [1.807, 2.05) is 42.5 Å². The first-order chi connectivity index (χ1) is 11.8. The van der Waals surface area contributed by atoms with Gasteiger partial charge in [-0.3, -0.25) is 5.32 Å². The minimum absolute atomic E-state index is 0.260. The maximum absolute atomic E-state index is 12.1. The number of hydrogen-bond donors (Lipinski definition) is 1. The van der Waals surface area contributed by atoms with Crippen LogP contribution in [0.1, 0.15) is 23.1 Å². The van der Waals surface area contributed by atoms with Crippen LogP contribution in [0.3, 0.4) is 0 Å². The summed E-state index contributed by atoms with van der Waals surface area (Å²) in [6.07, 6.45) is 4.10. The summed E-state index contributed by atoms with van der Waals surface area (Å²) in [6.45, 7) is 0.260. The average molecular weight is 323 g/mol. The minimum atomic E-state index is -0.435. The van der Waals surface area contributed by atoms with Crippen LogP contribution < -0.4 is 5.32 Å². The van der Waals surface area contributed by atoms with Gasteiger partial charge in [-0.25, -0.2) is 4.79 Å². The van der Waals surface area contributed by atoms with Crippen LogP contribution in [0.15, 0.2) is 60.4 Å². The zero-order chi connectivity index (χ0) is 16.8. The zero-order valence-electron chi connectivity index (χ0n) is 13.7. The van der Waals surface area contributed by atoms with Gasteiger partial charge in [0.1, 0.15) is 6.61 Å². The van der Waals surface area contributed by atoms with Crippen LogP contribution >= 0.6 is 0 Å². The van der Waals surface area contributed by atoms with Crippen LogP contribution in [-0.2, 0) is 28.9 Å². The van der Waals surface area contributed by atoms with Crippen LogP contribution in [0.25, 0.3) is 0 Å². The van der Waals surface area contributed by atoms with E-state index in [0.29, 0.717) is 0 Å². The molecule has 0 spiro atoms. The van der Waals surface area contributed by atoms with E-state index in [9.17, 15) is 4.79 Å². The summed E-state index contributed by atoms with van der Waals surface area (Å²) in [7, 11) is 1.66. The molecule has 4 heteroatoms. The molecule has 124 valence electrons. The molecule has 0 heterocycles. The van der Waals surface area contributed by atoms with Crippen molar-refractivity contribution in [1.29, 1.82) is 0 Å². The van der Waals surface area contributed by atoms with Crippen molar-refractivity contribution in [2.24, 2.45) is 0 Å². The molecule has 0 aromatic heterocycles. The fourth-order valence-electron chi connectivity index (χ4n) is 2.94. The molecule has 24 heavy (non-hydrogen) atoms. The number of hydrogen-bond acceptors (Lipinski definition) is 3. The Morgan fingerprint density at radius 3 is 2.75 bits per heavy atom. The highest BCUT2D eigenvalue weighted by atomic mass is 16.5. The Kier molecular flexibility index (Phi) is 5.16. The lowest BCUT2D eigenvalue weighted by Crippen LogP contribution is -2.17. The van der Waals surface area contributed by atoms with Gasteiger partial charge in [-0.05, 0) is 47.6 Å². The van der Waals surface area contributed by atoms with Crippen molar-refractivity contribution in [3.63, 3.8) is 0 Å². The highest BCUT2D eigenvalue weighted by molar-refractivity contribution is 5.86. The molecule has 0 radical (unpaired) electrons. The molecule has 3 rings (SSSR count). The second-order valence-electron chi connectivity index (χ2n) is 5.82. The van der Waals surface area contributed by atoms with Gasteiger partial charge in [-0.1, -0.05) is 42.5 Å². The molecule has 2 aromatic rings. The molecule has 1 N–H and O–H groups in total. The van der Waals surface area contributed by atoms with E-state index in [-0.39, 0.29) is 6.61 Å². The third-order valence-electron chi connectivity index (χ3n) is 4.13. The zero-order valence-corrected chi connectivity index (χ0v) is 13.7. The van der Waals surface area contributed by atoms with E-state index < -0.39 is 6.09 Å². The van der Waals surface area contributed by atoms with Crippen LogP contribution in [-0.4, -0.2) is 13.2 Å². The summed E-state index contributed by atoms with van der Waals surface area (Å²) in [5, 5.41) is 2.87. The first-order valence-electron chi connectivity index (χ1n) is 8.05. The number of allylic oxidation sites excluding steroid dienone is 1. The fraction of sp³-hybridized carbons (Fsp3) is 0.250. The van der Waals surface area contributed by atoms with Gasteiger partial charge in [0.25, 0.3) is 0 Å². The number of rotatable bonds is 4. The average Bonchev–Trinajstić information content (AvgIpc) is 2.62. The number of amides is 1. The fourth-order valence-corrected chi connectivity index (χ4v) is 2.94. The topological polar surface area (TPSA) is 47.6 Å². The largest absolute Gasteiger partial charge is 0.504 e. The van der Waals surface area contributed by atoms with Gasteiger partial charge < -0.3 is 9.47 Å². The molecule has 0 saturated carbocycles. The van der Waals surface area contributed by atoms with Gasteiger partial charge in [0.2, 0.25) is 0 Å². The predicted octanol–water partition coefficient (Wildman–Crippen LogP) is 4.45. The Balaban J connectivity index is 1.67. The SMILES string of the molecule is COC=C1CCc2cccc(NC(=O)OCc3ccccc3)c2C1. The lowest BCUT2D eigenvalue weighted by atomic mass is 9.87. The quantitative estimate of drug-likeness (QED) is 0.845.